The van der Waals surface area contributed by atoms with Crippen molar-refractivity contribution < 1.29 is 19.4 Å². The fourth-order valence-corrected chi connectivity index (χ4v) is 1.67. The number of halogens is 1. The highest BCUT2D eigenvalue weighted by Gasteiger charge is 2.16. The molecule has 3 N–H and O–H groups in total. The molecule has 7 heteroatoms. The maximum atomic E-state index is 10.9. The molecule has 0 saturated carbocycles. The van der Waals surface area contributed by atoms with Crippen molar-refractivity contribution in [2.24, 2.45) is 0 Å². The molecule has 0 amide bonds. The first-order valence-electron chi connectivity index (χ1n) is 6.04. The van der Waals surface area contributed by atoms with Gasteiger partial charge in [-0.2, -0.15) is 0 Å². The number of anilines is 1. The van der Waals surface area contributed by atoms with Crippen molar-refractivity contribution in [2.45, 2.75) is 13.0 Å². The summed E-state index contributed by atoms with van der Waals surface area (Å²) in [6, 6.07) is 8.16. The van der Waals surface area contributed by atoms with Gasteiger partial charge in [0, 0.05) is 6.20 Å². The van der Waals surface area contributed by atoms with E-state index in [1.807, 2.05) is 0 Å². The van der Waals surface area contributed by atoms with Gasteiger partial charge in [0.1, 0.15) is 0 Å². The number of benzene rings is 1. The summed E-state index contributed by atoms with van der Waals surface area (Å²) < 4.78 is 10.9. The van der Waals surface area contributed by atoms with E-state index in [4.69, 9.17) is 31.9 Å². The predicted octanol–water partition coefficient (Wildman–Crippen LogP) is 2.96. The van der Waals surface area contributed by atoms with Crippen molar-refractivity contribution in [3.8, 4) is 17.4 Å². The molecular formula is C14H13ClN2O4. The summed E-state index contributed by atoms with van der Waals surface area (Å²) >= 11 is 5.77. The number of nitrogen functional groups attached to an aromatic ring is 1. The van der Waals surface area contributed by atoms with Crippen LogP contribution in [-0.4, -0.2) is 22.2 Å². The summed E-state index contributed by atoms with van der Waals surface area (Å²) in [5.41, 5.74) is 6.03. The number of aromatic nitrogens is 1. The van der Waals surface area contributed by atoms with Crippen molar-refractivity contribution >= 4 is 23.3 Å². The summed E-state index contributed by atoms with van der Waals surface area (Å²) in [7, 11) is 0. The minimum Gasteiger partial charge on any atom is -0.479 e. The van der Waals surface area contributed by atoms with Gasteiger partial charge in [-0.1, -0.05) is 23.7 Å². The Kier molecular flexibility index (Phi) is 4.49. The molecule has 0 fully saturated rings. The van der Waals surface area contributed by atoms with Crippen molar-refractivity contribution in [1.29, 1.82) is 0 Å². The summed E-state index contributed by atoms with van der Waals surface area (Å²) in [4.78, 5) is 14.8. The van der Waals surface area contributed by atoms with Crippen molar-refractivity contribution in [3.05, 3.63) is 41.6 Å². The van der Waals surface area contributed by atoms with Gasteiger partial charge in [-0.15, -0.1) is 0 Å². The molecule has 0 saturated heterocycles. The van der Waals surface area contributed by atoms with Crippen molar-refractivity contribution in [1.82, 2.24) is 4.98 Å². The SMILES string of the molecule is CC(Oc1ccccc1Oc1ncc(Cl)cc1N)C(=O)O. The van der Waals surface area contributed by atoms with Crippen LogP contribution in [0.25, 0.3) is 0 Å². The number of para-hydroxylation sites is 2. The van der Waals surface area contributed by atoms with Crippen LogP contribution in [-0.2, 0) is 4.79 Å². The summed E-state index contributed by atoms with van der Waals surface area (Å²) in [6.45, 7) is 1.42. The molecule has 0 aliphatic carbocycles. The van der Waals surface area contributed by atoms with Gasteiger partial charge >= 0.3 is 5.97 Å². The van der Waals surface area contributed by atoms with Gasteiger partial charge in [-0.3, -0.25) is 0 Å². The van der Waals surface area contributed by atoms with Gasteiger partial charge in [-0.25, -0.2) is 9.78 Å². The molecule has 2 rings (SSSR count). The molecule has 0 aliphatic rings. The first-order chi connectivity index (χ1) is 9.97. The van der Waals surface area contributed by atoms with Crippen LogP contribution in [0, 0.1) is 0 Å². The van der Waals surface area contributed by atoms with Crippen LogP contribution in [0.15, 0.2) is 36.5 Å². The molecule has 1 aromatic carbocycles. The first-order valence-corrected chi connectivity index (χ1v) is 6.42. The second-order valence-electron chi connectivity index (χ2n) is 4.20. The highest BCUT2D eigenvalue weighted by Crippen LogP contribution is 2.33. The van der Waals surface area contributed by atoms with E-state index < -0.39 is 12.1 Å². The van der Waals surface area contributed by atoms with E-state index in [-0.39, 0.29) is 17.3 Å². The smallest absolute Gasteiger partial charge is 0.344 e. The molecule has 0 bridgehead atoms. The number of carboxylic acid groups (broad SMARTS) is 1. The van der Waals surface area contributed by atoms with Gasteiger partial charge in [-0.05, 0) is 25.1 Å². The number of nitrogens with zero attached hydrogens (tertiary/aromatic N) is 1. The molecule has 21 heavy (non-hydrogen) atoms. The number of carbonyl (C=O) groups is 1. The van der Waals surface area contributed by atoms with E-state index >= 15 is 0 Å². The number of ether oxygens (including phenoxy) is 2. The zero-order valence-electron chi connectivity index (χ0n) is 11.1. The average Bonchev–Trinajstić information content (AvgIpc) is 2.43. The Labute approximate surface area is 126 Å². The standard InChI is InChI=1S/C14H13ClN2O4/c1-8(14(18)19)20-11-4-2-3-5-12(11)21-13-10(16)6-9(15)7-17-13/h2-8H,16H2,1H3,(H,18,19). The summed E-state index contributed by atoms with van der Waals surface area (Å²) in [5.74, 6) is -0.317. The molecule has 0 spiro atoms. The Hall–Kier alpha value is -2.47. The summed E-state index contributed by atoms with van der Waals surface area (Å²) in [6.07, 6.45) is 0.390. The lowest BCUT2D eigenvalue weighted by Crippen LogP contribution is -2.23. The molecule has 1 atom stereocenters. The molecule has 2 aromatic rings. The molecule has 1 unspecified atom stereocenters. The Bertz CT molecular complexity index is 663. The molecule has 1 heterocycles. The number of hydrogen-bond acceptors (Lipinski definition) is 5. The largest absolute Gasteiger partial charge is 0.479 e. The average molecular weight is 309 g/mol. The lowest BCUT2D eigenvalue weighted by atomic mass is 10.3. The van der Waals surface area contributed by atoms with Gasteiger partial charge in [0.2, 0.25) is 5.88 Å². The van der Waals surface area contributed by atoms with Crippen LogP contribution in [0.1, 0.15) is 6.92 Å². The van der Waals surface area contributed by atoms with Crippen LogP contribution < -0.4 is 15.2 Å². The number of pyridine rings is 1. The van der Waals surface area contributed by atoms with Crippen molar-refractivity contribution in [3.63, 3.8) is 0 Å². The van der Waals surface area contributed by atoms with E-state index in [0.29, 0.717) is 10.8 Å². The third-order valence-electron chi connectivity index (χ3n) is 2.55. The molecule has 0 radical (unpaired) electrons. The number of nitrogens with two attached hydrogens (primary N) is 1. The van der Waals surface area contributed by atoms with Crippen LogP contribution in [0.4, 0.5) is 5.69 Å². The van der Waals surface area contributed by atoms with Crippen LogP contribution in [0.5, 0.6) is 17.4 Å². The highest BCUT2D eigenvalue weighted by atomic mass is 35.5. The fraction of sp³-hybridized carbons (Fsp3) is 0.143. The van der Waals surface area contributed by atoms with Gasteiger partial charge in [0.25, 0.3) is 0 Å². The molecule has 0 aliphatic heterocycles. The normalized spacial score (nSPS) is 11.7. The summed E-state index contributed by atoms with van der Waals surface area (Å²) in [5, 5.41) is 9.28. The number of aliphatic carboxylic acids is 1. The van der Waals surface area contributed by atoms with Crippen molar-refractivity contribution in [2.75, 3.05) is 5.73 Å². The number of hydrogen-bond donors (Lipinski definition) is 2. The third kappa shape index (κ3) is 3.76. The Morgan fingerprint density at radius 2 is 2.05 bits per heavy atom. The van der Waals surface area contributed by atoms with Gasteiger partial charge < -0.3 is 20.3 Å². The Balaban J connectivity index is 2.26. The monoisotopic (exact) mass is 308 g/mol. The lowest BCUT2D eigenvalue weighted by molar-refractivity contribution is -0.144. The Morgan fingerprint density at radius 3 is 2.67 bits per heavy atom. The van der Waals surface area contributed by atoms with E-state index in [1.54, 1.807) is 24.3 Å². The van der Waals surface area contributed by atoms with E-state index in [9.17, 15) is 4.79 Å². The molecule has 6 nitrogen and oxygen atoms in total. The zero-order chi connectivity index (χ0) is 15.4. The predicted molar refractivity (Wildman–Crippen MR) is 77.9 cm³/mol. The maximum Gasteiger partial charge on any atom is 0.344 e. The van der Waals surface area contributed by atoms with Gasteiger partial charge in [0.05, 0.1) is 10.7 Å². The zero-order valence-corrected chi connectivity index (χ0v) is 11.9. The maximum absolute atomic E-state index is 10.9. The quantitative estimate of drug-likeness (QED) is 0.881. The number of carboxylic acids is 1. The van der Waals surface area contributed by atoms with Crippen LogP contribution in [0.2, 0.25) is 5.02 Å². The van der Waals surface area contributed by atoms with E-state index in [2.05, 4.69) is 4.98 Å². The topological polar surface area (TPSA) is 94.7 Å². The number of rotatable bonds is 5. The minimum absolute atomic E-state index is 0.165. The fourth-order valence-electron chi connectivity index (χ4n) is 1.50. The van der Waals surface area contributed by atoms with E-state index in [0.717, 1.165) is 0 Å². The van der Waals surface area contributed by atoms with E-state index in [1.165, 1.54) is 19.2 Å². The first kappa shape index (κ1) is 14.9. The Morgan fingerprint density at radius 1 is 1.38 bits per heavy atom. The highest BCUT2D eigenvalue weighted by molar-refractivity contribution is 6.30. The van der Waals surface area contributed by atoms with Gasteiger partial charge in [0.15, 0.2) is 17.6 Å². The second kappa shape index (κ2) is 6.32. The van der Waals surface area contributed by atoms with Crippen LogP contribution >= 0.6 is 11.6 Å². The second-order valence-corrected chi connectivity index (χ2v) is 4.63. The molecule has 110 valence electrons. The lowest BCUT2D eigenvalue weighted by Gasteiger charge is -2.15. The molecule has 1 aromatic heterocycles. The minimum atomic E-state index is -1.08. The molecular weight excluding hydrogens is 296 g/mol. The van der Waals surface area contributed by atoms with Crippen LogP contribution in [0.3, 0.4) is 0 Å². The third-order valence-corrected chi connectivity index (χ3v) is 2.76.